The summed E-state index contributed by atoms with van der Waals surface area (Å²) in [6.45, 7) is 8.29. The number of alkyl halides is 1. The zero-order chi connectivity index (χ0) is 34.0. The van der Waals surface area contributed by atoms with Gasteiger partial charge in [-0.15, -0.1) is 0 Å². The van der Waals surface area contributed by atoms with Crippen LogP contribution in [0.3, 0.4) is 0 Å². The molecule has 0 aliphatic heterocycles. The largest absolute Gasteiger partial charge is 0.393 e. The van der Waals surface area contributed by atoms with Gasteiger partial charge in [0.25, 0.3) is 0 Å². The minimum Gasteiger partial charge on any atom is -0.393 e. The molecular formula is C42H55FO5. The third-order valence-corrected chi connectivity index (χ3v) is 16.3. The maximum Gasteiger partial charge on any atom is 0.171 e. The molecule has 9 rings (SSSR count). The summed E-state index contributed by atoms with van der Waals surface area (Å²) in [5, 5.41) is 20.5. The Morgan fingerprint density at radius 3 is 2.42 bits per heavy atom. The molecule has 260 valence electrons. The highest BCUT2D eigenvalue weighted by Crippen LogP contribution is 2.77. The molecule has 2 N–H and O–H groups in total. The molecule has 0 heterocycles. The summed E-state index contributed by atoms with van der Waals surface area (Å²) in [5.74, 6) is 2.63. The predicted octanol–water partition coefficient (Wildman–Crippen LogP) is 7.75. The second kappa shape index (κ2) is 11.2. The Morgan fingerprint density at radius 1 is 0.917 bits per heavy atom. The first kappa shape index (κ1) is 33.0. The molecular weight excluding hydrogens is 603 g/mol. The van der Waals surface area contributed by atoms with Crippen molar-refractivity contribution < 1.29 is 29.0 Å². The molecule has 6 heteroatoms. The molecule has 9 aliphatic rings. The van der Waals surface area contributed by atoms with Gasteiger partial charge in [-0.3, -0.25) is 14.4 Å². The first-order valence-corrected chi connectivity index (χ1v) is 19.2. The van der Waals surface area contributed by atoms with Crippen molar-refractivity contribution in [3.8, 4) is 0 Å². The molecule has 5 fully saturated rings. The average molecular weight is 659 g/mol. The minimum absolute atomic E-state index is 0.0198. The van der Waals surface area contributed by atoms with Gasteiger partial charge < -0.3 is 10.2 Å². The van der Waals surface area contributed by atoms with Crippen LogP contribution in [-0.2, 0) is 14.4 Å². The second-order valence-electron chi connectivity index (χ2n) is 18.0. The molecule has 0 saturated heterocycles. The molecule has 5 nitrogen and oxygen atoms in total. The van der Waals surface area contributed by atoms with Crippen LogP contribution in [0.2, 0.25) is 0 Å². The third-order valence-electron chi connectivity index (χ3n) is 16.3. The molecule has 0 amide bonds. The summed E-state index contributed by atoms with van der Waals surface area (Å²) >= 11 is 0. The van der Waals surface area contributed by atoms with Gasteiger partial charge in [-0.2, -0.15) is 0 Å². The predicted molar refractivity (Wildman–Crippen MR) is 182 cm³/mol. The number of fused-ring (bicyclic) bond motifs is 7. The lowest BCUT2D eigenvalue weighted by molar-refractivity contribution is -0.141. The number of Topliss-reactive ketones (excluding diaryl/α,β-unsaturated/α-hetero) is 1. The summed E-state index contributed by atoms with van der Waals surface area (Å²) in [5.41, 5.74) is 4.83. The zero-order valence-electron chi connectivity index (χ0n) is 29.4. The number of ketones is 3. The van der Waals surface area contributed by atoms with E-state index >= 15 is 4.39 Å². The highest BCUT2D eigenvalue weighted by atomic mass is 19.1. The van der Waals surface area contributed by atoms with E-state index in [1.807, 2.05) is 12.2 Å². The molecule has 0 spiro atoms. The highest BCUT2D eigenvalue weighted by Gasteiger charge is 2.73. The van der Waals surface area contributed by atoms with E-state index in [9.17, 15) is 24.6 Å². The van der Waals surface area contributed by atoms with Crippen LogP contribution in [0.1, 0.15) is 118 Å². The topological polar surface area (TPSA) is 91.7 Å². The van der Waals surface area contributed by atoms with E-state index < -0.39 is 17.7 Å². The Balaban J connectivity index is 0.000000142. The van der Waals surface area contributed by atoms with Crippen LogP contribution in [0.5, 0.6) is 0 Å². The number of hydrogen-bond donors (Lipinski definition) is 2. The number of halogens is 1. The van der Waals surface area contributed by atoms with Crippen LogP contribution >= 0.6 is 0 Å². The van der Waals surface area contributed by atoms with E-state index in [-0.39, 0.29) is 51.5 Å². The number of hydrogen-bond acceptors (Lipinski definition) is 5. The monoisotopic (exact) mass is 658 g/mol. The van der Waals surface area contributed by atoms with Gasteiger partial charge in [0.05, 0.1) is 11.5 Å². The van der Waals surface area contributed by atoms with Crippen molar-refractivity contribution in [1.29, 1.82) is 0 Å². The van der Waals surface area contributed by atoms with Crippen molar-refractivity contribution >= 4 is 17.3 Å². The Hall–Kier alpha value is -2.18. The van der Waals surface area contributed by atoms with Crippen LogP contribution in [0.25, 0.3) is 0 Å². The normalized spacial score (nSPS) is 48.9. The zero-order valence-corrected chi connectivity index (χ0v) is 29.4. The fraction of sp³-hybridized carbons (Fsp3) is 0.738. The quantitative estimate of drug-likeness (QED) is 0.296. The Kier molecular flexibility index (Phi) is 7.67. The van der Waals surface area contributed by atoms with Crippen LogP contribution in [-0.4, -0.2) is 45.9 Å². The number of carbonyl (C=O) groups excluding carboxylic acids is 3. The van der Waals surface area contributed by atoms with Crippen LogP contribution < -0.4 is 0 Å². The molecule has 1 unspecified atom stereocenters. The minimum atomic E-state index is -0.893. The van der Waals surface area contributed by atoms with Gasteiger partial charge in [-0.05, 0) is 148 Å². The van der Waals surface area contributed by atoms with Gasteiger partial charge in [0, 0.05) is 24.2 Å². The Labute approximate surface area is 285 Å². The van der Waals surface area contributed by atoms with E-state index in [0.29, 0.717) is 42.9 Å². The van der Waals surface area contributed by atoms with Crippen molar-refractivity contribution in [3.05, 3.63) is 46.6 Å². The number of allylic oxidation sites excluding steroid dienone is 7. The molecule has 0 aromatic heterocycles. The standard InChI is InChI=1S/C23H28O3.C19H27FO2/c1-14(24)20(26)23-11-9-22(10-12-23)19-6-3-15-13-16(25)4-5-17(15)18(19)7-8-21(22,23)2;1-10-7-11-8-12(21)3-4-13(11)18-15(20)9-19(2)14(17(10)18)5-6-16(19)22/h9,11,13-14,19,24H,3-8,10,12H2,1-2H3;8,10,13-18,22H,3-7,9H2,1-2H3/t14-,19+,21-,22?,23+;10-,13+,14+,15+,16+,17+,18+,19+/m01/s1. The van der Waals surface area contributed by atoms with Crippen LogP contribution in [0.4, 0.5) is 4.39 Å². The summed E-state index contributed by atoms with van der Waals surface area (Å²) in [6, 6.07) is 0. The summed E-state index contributed by atoms with van der Waals surface area (Å²) in [6.07, 6.45) is 18.6. The molecule has 0 aromatic rings. The first-order valence-electron chi connectivity index (χ1n) is 19.2. The van der Waals surface area contributed by atoms with Crippen molar-refractivity contribution in [3.63, 3.8) is 0 Å². The molecule has 5 saturated carbocycles. The van der Waals surface area contributed by atoms with Crippen molar-refractivity contribution in [2.24, 2.45) is 57.2 Å². The summed E-state index contributed by atoms with van der Waals surface area (Å²) < 4.78 is 15.2. The second-order valence-corrected chi connectivity index (χ2v) is 18.0. The van der Waals surface area contributed by atoms with Crippen LogP contribution in [0, 0.1) is 57.2 Å². The van der Waals surface area contributed by atoms with E-state index in [1.54, 1.807) is 12.5 Å². The van der Waals surface area contributed by atoms with Gasteiger partial charge in [0.2, 0.25) is 0 Å². The van der Waals surface area contributed by atoms with Gasteiger partial charge in [0.1, 0.15) is 12.3 Å². The molecule has 9 aliphatic carbocycles. The Morgan fingerprint density at radius 2 is 1.69 bits per heavy atom. The maximum absolute atomic E-state index is 15.2. The molecule has 0 aromatic carbocycles. The van der Waals surface area contributed by atoms with E-state index in [1.165, 1.54) is 16.7 Å². The summed E-state index contributed by atoms with van der Waals surface area (Å²) in [4.78, 5) is 36.6. The fourth-order valence-corrected chi connectivity index (χ4v) is 14.0. The molecule has 13 atom stereocenters. The first-order chi connectivity index (χ1) is 22.8. The molecule has 48 heavy (non-hydrogen) atoms. The molecule has 0 radical (unpaired) electrons. The van der Waals surface area contributed by atoms with Crippen LogP contribution in [0.15, 0.2) is 46.6 Å². The highest BCUT2D eigenvalue weighted by molar-refractivity contribution is 5.94. The lowest BCUT2D eigenvalue weighted by Gasteiger charge is -2.56. The van der Waals surface area contributed by atoms with E-state index in [4.69, 9.17) is 0 Å². The van der Waals surface area contributed by atoms with Gasteiger partial charge >= 0.3 is 0 Å². The maximum atomic E-state index is 15.2. The summed E-state index contributed by atoms with van der Waals surface area (Å²) in [7, 11) is 0. The van der Waals surface area contributed by atoms with Crippen molar-refractivity contribution in [1.82, 2.24) is 0 Å². The smallest absolute Gasteiger partial charge is 0.171 e. The Bertz CT molecular complexity index is 1570. The lowest BCUT2D eigenvalue weighted by Crippen LogP contribution is -2.54. The molecule has 2 bridgehead atoms. The number of aliphatic hydroxyl groups excluding tert-OH is 2. The van der Waals surface area contributed by atoms with Gasteiger partial charge in [-0.25, -0.2) is 4.39 Å². The number of rotatable bonds is 2. The van der Waals surface area contributed by atoms with Crippen molar-refractivity contribution in [2.45, 2.75) is 136 Å². The van der Waals surface area contributed by atoms with E-state index in [2.05, 4.69) is 32.9 Å². The SMILES string of the molecule is C[C@@H]1CC2=CC(=O)CC[C@@H]2[C@@H]2[C@@H]1[C@@H]1CC[C@H](O)[C@@]1(C)C[C@@H]2F.C[C@H](O)C(=O)[C@@]12C=CC3(CC1)[C@@H]1CCC4=CC(=O)CCC4=C1CC[C@@]32C. The van der Waals surface area contributed by atoms with E-state index in [0.717, 1.165) is 70.6 Å². The van der Waals surface area contributed by atoms with Crippen molar-refractivity contribution in [2.75, 3.05) is 0 Å². The lowest BCUT2D eigenvalue weighted by atomic mass is 9.47. The fourth-order valence-electron chi connectivity index (χ4n) is 14.0. The van der Waals surface area contributed by atoms with Gasteiger partial charge in [-0.1, -0.05) is 44.1 Å². The third kappa shape index (κ3) is 4.29. The van der Waals surface area contributed by atoms with Gasteiger partial charge in [0.15, 0.2) is 17.3 Å². The average Bonchev–Trinajstić information content (AvgIpc) is 3.60. The number of carbonyl (C=O) groups is 3. The number of aliphatic hydroxyl groups is 2.